The van der Waals surface area contributed by atoms with E-state index in [0.717, 1.165) is 12.2 Å². The lowest BCUT2D eigenvalue weighted by Gasteiger charge is -2.30. The van der Waals surface area contributed by atoms with Crippen LogP contribution in [0.3, 0.4) is 0 Å². The minimum Gasteiger partial charge on any atom is -0.389 e. The van der Waals surface area contributed by atoms with Crippen molar-refractivity contribution in [1.82, 2.24) is 0 Å². The average Bonchev–Trinajstić information content (AvgIpc) is 3.12. The van der Waals surface area contributed by atoms with E-state index in [0.29, 0.717) is 23.1 Å². The number of rotatable bonds is 5. The van der Waals surface area contributed by atoms with E-state index in [1.165, 1.54) is 18.9 Å². The first kappa shape index (κ1) is 14.3. The van der Waals surface area contributed by atoms with Gasteiger partial charge in [0.2, 0.25) is 0 Å². The van der Waals surface area contributed by atoms with E-state index in [2.05, 4.69) is 18.7 Å². The zero-order valence-electron chi connectivity index (χ0n) is 12.3. The first-order chi connectivity index (χ1) is 8.90. The monoisotopic (exact) mass is 265 g/mol. The number of aliphatic hydroxyl groups is 1. The lowest BCUT2D eigenvalue weighted by molar-refractivity contribution is 0.199. The van der Waals surface area contributed by atoms with Gasteiger partial charge in [0.1, 0.15) is 5.82 Å². The first-order valence-corrected chi connectivity index (χ1v) is 7.15. The zero-order chi connectivity index (χ0) is 14.2. The number of hydrogen-bond donors (Lipinski definition) is 1. The third-order valence-corrected chi connectivity index (χ3v) is 3.62. The average molecular weight is 265 g/mol. The van der Waals surface area contributed by atoms with Crippen molar-refractivity contribution in [3.63, 3.8) is 0 Å². The molecule has 0 aliphatic heterocycles. The normalized spacial score (nSPS) is 16.8. The molecule has 1 saturated carbocycles. The number of aryl methyl sites for hydroxylation is 1. The molecule has 1 aliphatic carbocycles. The van der Waals surface area contributed by atoms with Crippen LogP contribution < -0.4 is 4.90 Å². The molecule has 0 spiro atoms. The van der Waals surface area contributed by atoms with Crippen molar-refractivity contribution >= 4 is 5.69 Å². The van der Waals surface area contributed by atoms with Crippen molar-refractivity contribution in [2.24, 2.45) is 5.92 Å². The molecule has 106 valence electrons. The Labute approximate surface area is 115 Å². The fourth-order valence-electron chi connectivity index (χ4n) is 2.49. The van der Waals surface area contributed by atoms with Crippen LogP contribution in [0.4, 0.5) is 10.1 Å². The van der Waals surface area contributed by atoms with Crippen LogP contribution in [0.25, 0.3) is 0 Å². The van der Waals surface area contributed by atoms with Crippen LogP contribution in [0.2, 0.25) is 0 Å². The first-order valence-electron chi connectivity index (χ1n) is 7.15. The lowest BCUT2D eigenvalue weighted by Crippen LogP contribution is -2.31. The van der Waals surface area contributed by atoms with Gasteiger partial charge in [0.15, 0.2) is 0 Å². The summed E-state index contributed by atoms with van der Waals surface area (Å²) in [5, 5.41) is 9.91. The summed E-state index contributed by atoms with van der Waals surface area (Å²) in [5.74, 6) is 0.313. The molecule has 0 saturated heterocycles. The Balaban J connectivity index is 2.42. The molecule has 1 atom stereocenters. The van der Waals surface area contributed by atoms with E-state index < -0.39 is 6.10 Å². The standard InChI is InChI=1S/C16H24FNO/c1-10(2)9-18(13-5-6-13)16-7-11(3)15(17)8-14(16)12(4)19/h7-8,10,12-13,19H,5-6,9H2,1-4H3/t12-/m1/s1. The van der Waals surface area contributed by atoms with E-state index in [1.807, 2.05) is 6.07 Å². The van der Waals surface area contributed by atoms with Crippen molar-refractivity contribution in [2.75, 3.05) is 11.4 Å². The molecule has 0 heterocycles. The van der Waals surface area contributed by atoms with Crippen LogP contribution in [0.15, 0.2) is 12.1 Å². The predicted molar refractivity (Wildman–Crippen MR) is 77.0 cm³/mol. The Kier molecular flexibility index (Phi) is 4.14. The van der Waals surface area contributed by atoms with Crippen LogP contribution in [0.1, 0.15) is 50.8 Å². The Morgan fingerprint density at radius 1 is 1.32 bits per heavy atom. The molecule has 1 fully saturated rings. The van der Waals surface area contributed by atoms with E-state index in [1.54, 1.807) is 13.8 Å². The highest BCUT2D eigenvalue weighted by Gasteiger charge is 2.31. The molecular weight excluding hydrogens is 241 g/mol. The molecule has 1 N–H and O–H groups in total. The molecule has 0 aromatic heterocycles. The van der Waals surface area contributed by atoms with Gasteiger partial charge in [-0.15, -0.1) is 0 Å². The fourth-order valence-corrected chi connectivity index (χ4v) is 2.49. The number of aliphatic hydroxyl groups excluding tert-OH is 1. The van der Waals surface area contributed by atoms with Crippen LogP contribution in [-0.4, -0.2) is 17.7 Å². The molecule has 3 heteroatoms. The van der Waals surface area contributed by atoms with Gasteiger partial charge in [-0.1, -0.05) is 13.8 Å². The Bertz CT molecular complexity index is 452. The molecule has 2 nitrogen and oxygen atoms in total. The van der Waals surface area contributed by atoms with Gasteiger partial charge < -0.3 is 10.0 Å². The summed E-state index contributed by atoms with van der Waals surface area (Å²) in [4.78, 5) is 2.35. The molecule has 0 unspecified atom stereocenters. The highest BCUT2D eigenvalue weighted by atomic mass is 19.1. The molecule has 1 aromatic rings. The topological polar surface area (TPSA) is 23.5 Å². The quantitative estimate of drug-likeness (QED) is 0.875. The minimum atomic E-state index is -0.640. The van der Waals surface area contributed by atoms with Gasteiger partial charge in [-0.05, 0) is 50.3 Å². The number of hydrogen-bond acceptors (Lipinski definition) is 2. The number of anilines is 1. The van der Waals surface area contributed by atoms with Gasteiger partial charge in [0, 0.05) is 23.8 Å². The summed E-state index contributed by atoms with van der Waals surface area (Å²) in [6, 6.07) is 3.94. The third kappa shape index (κ3) is 3.27. The van der Waals surface area contributed by atoms with E-state index >= 15 is 0 Å². The second-order valence-corrected chi connectivity index (χ2v) is 6.11. The number of nitrogens with zero attached hydrogens (tertiary/aromatic N) is 1. The van der Waals surface area contributed by atoms with Gasteiger partial charge in [-0.3, -0.25) is 0 Å². The second-order valence-electron chi connectivity index (χ2n) is 6.11. The van der Waals surface area contributed by atoms with Crippen LogP contribution in [0, 0.1) is 18.7 Å². The van der Waals surface area contributed by atoms with E-state index in [9.17, 15) is 9.50 Å². The summed E-state index contributed by atoms with van der Waals surface area (Å²) in [6.07, 6.45) is 1.75. The maximum Gasteiger partial charge on any atom is 0.126 e. The third-order valence-electron chi connectivity index (χ3n) is 3.62. The highest BCUT2D eigenvalue weighted by Crippen LogP contribution is 2.37. The van der Waals surface area contributed by atoms with Crippen LogP contribution >= 0.6 is 0 Å². The van der Waals surface area contributed by atoms with E-state index in [4.69, 9.17) is 0 Å². The molecular formula is C16H24FNO. The lowest BCUT2D eigenvalue weighted by atomic mass is 10.0. The molecule has 0 radical (unpaired) electrons. The summed E-state index contributed by atoms with van der Waals surface area (Å²) in [5.41, 5.74) is 2.36. The number of benzene rings is 1. The summed E-state index contributed by atoms with van der Waals surface area (Å²) in [6.45, 7) is 8.82. The smallest absolute Gasteiger partial charge is 0.126 e. The van der Waals surface area contributed by atoms with Gasteiger partial charge >= 0.3 is 0 Å². The van der Waals surface area contributed by atoms with Crippen molar-refractivity contribution in [2.45, 2.75) is 52.7 Å². The van der Waals surface area contributed by atoms with Gasteiger partial charge in [0.05, 0.1) is 6.10 Å². The Hall–Kier alpha value is -1.09. The molecule has 0 bridgehead atoms. The van der Waals surface area contributed by atoms with Crippen LogP contribution in [0.5, 0.6) is 0 Å². The minimum absolute atomic E-state index is 0.236. The van der Waals surface area contributed by atoms with Gasteiger partial charge in [-0.2, -0.15) is 0 Å². The molecule has 1 aliphatic rings. The van der Waals surface area contributed by atoms with Crippen molar-refractivity contribution in [3.05, 3.63) is 29.1 Å². The fraction of sp³-hybridized carbons (Fsp3) is 0.625. The summed E-state index contributed by atoms with van der Waals surface area (Å²) >= 11 is 0. The van der Waals surface area contributed by atoms with E-state index in [-0.39, 0.29) is 5.82 Å². The maximum atomic E-state index is 13.7. The van der Waals surface area contributed by atoms with Crippen molar-refractivity contribution < 1.29 is 9.50 Å². The zero-order valence-corrected chi connectivity index (χ0v) is 12.3. The molecule has 2 rings (SSSR count). The Morgan fingerprint density at radius 3 is 2.42 bits per heavy atom. The van der Waals surface area contributed by atoms with Crippen molar-refractivity contribution in [1.29, 1.82) is 0 Å². The summed E-state index contributed by atoms with van der Waals surface area (Å²) in [7, 11) is 0. The molecule has 1 aromatic carbocycles. The highest BCUT2D eigenvalue weighted by molar-refractivity contribution is 5.58. The SMILES string of the molecule is Cc1cc(N(CC(C)C)C2CC2)c([C@@H](C)O)cc1F. The second kappa shape index (κ2) is 5.49. The van der Waals surface area contributed by atoms with Crippen molar-refractivity contribution in [3.8, 4) is 0 Å². The van der Waals surface area contributed by atoms with Gasteiger partial charge in [-0.25, -0.2) is 4.39 Å². The molecule has 19 heavy (non-hydrogen) atoms. The maximum absolute atomic E-state index is 13.7. The Morgan fingerprint density at radius 2 is 1.95 bits per heavy atom. The number of halogens is 1. The largest absolute Gasteiger partial charge is 0.389 e. The molecule has 0 amide bonds. The van der Waals surface area contributed by atoms with Crippen LogP contribution in [-0.2, 0) is 0 Å². The summed E-state index contributed by atoms with van der Waals surface area (Å²) < 4.78 is 13.7. The predicted octanol–water partition coefficient (Wildman–Crippen LogP) is 3.81. The van der Waals surface area contributed by atoms with Gasteiger partial charge in [0.25, 0.3) is 0 Å².